The summed E-state index contributed by atoms with van der Waals surface area (Å²) in [5, 5.41) is 2.40. The summed E-state index contributed by atoms with van der Waals surface area (Å²) in [5.74, 6) is 1.83. The fourth-order valence-electron chi connectivity index (χ4n) is 0.960. The second kappa shape index (κ2) is 5.32. The van der Waals surface area contributed by atoms with Crippen LogP contribution in [0.2, 0.25) is 0 Å². The predicted molar refractivity (Wildman–Crippen MR) is 60.9 cm³/mol. The molecule has 0 radical (unpaired) electrons. The Hall–Kier alpha value is -1.81. The monoisotopic (exact) mass is 285 g/mol. The van der Waals surface area contributed by atoms with Gasteiger partial charge in [-0.1, -0.05) is 5.92 Å². The van der Waals surface area contributed by atoms with Gasteiger partial charge in [-0.15, -0.1) is 6.42 Å². The van der Waals surface area contributed by atoms with Crippen molar-refractivity contribution in [1.29, 1.82) is 0 Å². The number of carbonyl (C=O) groups excluding carboxylic acids is 1. The minimum atomic E-state index is -0.649. The Bertz CT molecular complexity index is 552. The van der Waals surface area contributed by atoms with Crippen molar-refractivity contribution >= 4 is 21.8 Å². The Morgan fingerprint density at radius 1 is 1.62 bits per heavy atom. The van der Waals surface area contributed by atoms with Gasteiger partial charge in [0, 0.05) is 6.20 Å². The van der Waals surface area contributed by atoms with Crippen molar-refractivity contribution in [2.24, 2.45) is 0 Å². The topological polar surface area (TPSA) is 84.0 Å². The van der Waals surface area contributed by atoms with Crippen LogP contribution in [0.15, 0.2) is 20.3 Å². The largest absolute Gasteiger partial charge is 0.344 e. The highest BCUT2D eigenvalue weighted by Gasteiger charge is 2.06. The number of H-pyrrole nitrogens is 1. The normalized spacial score (nSPS) is 9.50. The number of rotatable bonds is 3. The number of hydrogen-bond acceptors (Lipinski definition) is 3. The predicted octanol–water partition coefficient (Wildman–Crippen LogP) is -0.952. The van der Waals surface area contributed by atoms with Gasteiger partial charge in [0.2, 0.25) is 5.91 Å². The summed E-state index contributed by atoms with van der Waals surface area (Å²) in [6, 6.07) is 0. The molecule has 0 unspecified atom stereocenters. The highest BCUT2D eigenvalue weighted by Crippen LogP contribution is 1.97. The number of aromatic nitrogens is 2. The molecule has 1 rings (SSSR count). The van der Waals surface area contributed by atoms with Crippen LogP contribution >= 0.6 is 15.9 Å². The van der Waals surface area contributed by atoms with Crippen molar-refractivity contribution in [2.45, 2.75) is 6.54 Å². The van der Waals surface area contributed by atoms with E-state index < -0.39 is 17.2 Å². The highest BCUT2D eigenvalue weighted by molar-refractivity contribution is 9.10. The fraction of sp³-hybridized carbons (Fsp3) is 0.222. The molecule has 7 heteroatoms. The van der Waals surface area contributed by atoms with E-state index in [2.05, 4.69) is 32.2 Å². The van der Waals surface area contributed by atoms with Crippen LogP contribution in [-0.2, 0) is 11.3 Å². The molecule has 6 nitrogen and oxygen atoms in total. The van der Waals surface area contributed by atoms with Crippen LogP contribution in [0.3, 0.4) is 0 Å². The van der Waals surface area contributed by atoms with Gasteiger partial charge in [-0.05, 0) is 15.9 Å². The number of hydrogen-bond donors (Lipinski definition) is 2. The van der Waals surface area contributed by atoms with Crippen molar-refractivity contribution in [3.05, 3.63) is 31.5 Å². The quantitative estimate of drug-likeness (QED) is 0.703. The zero-order valence-electron chi connectivity index (χ0n) is 8.12. The first-order chi connectivity index (χ1) is 7.54. The molecule has 0 spiro atoms. The average molecular weight is 286 g/mol. The van der Waals surface area contributed by atoms with Gasteiger partial charge >= 0.3 is 5.69 Å². The van der Waals surface area contributed by atoms with Crippen molar-refractivity contribution in [1.82, 2.24) is 14.9 Å². The van der Waals surface area contributed by atoms with Gasteiger partial charge in [0.15, 0.2) is 0 Å². The molecular formula is C9H8BrN3O3. The summed E-state index contributed by atoms with van der Waals surface area (Å²) < 4.78 is 1.24. The van der Waals surface area contributed by atoms with Gasteiger partial charge in [0.1, 0.15) is 6.54 Å². The minimum Gasteiger partial charge on any atom is -0.344 e. The van der Waals surface area contributed by atoms with E-state index in [0.717, 1.165) is 4.57 Å². The van der Waals surface area contributed by atoms with E-state index >= 15 is 0 Å². The lowest BCUT2D eigenvalue weighted by atomic mass is 10.5. The van der Waals surface area contributed by atoms with Gasteiger partial charge < -0.3 is 5.32 Å². The molecule has 0 aliphatic carbocycles. The van der Waals surface area contributed by atoms with Crippen molar-refractivity contribution in [2.75, 3.05) is 6.54 Å². The highest BCUT2D eigenvalue weighted by atomic mass is 79.9. The maximum Gasteiger partial charge on any atom is 0.328 e. The Morgan fingerprint density at radius 3 is 2.94 bits per heavy atom. The number of terminal acetylenes is 1. The summed E-state index contributed by atoms with van der Waals surface area (Å²) in [5.41, 5.74) is -1.19. The number of carbonyl (C=O) groups is 1. The molecule has 0 aliphatic heterocycles. The zero-order chi connectivity index (χ0) is 12.1. The summed E-state index contributed by atoms with van der Waals surface area (Å²) in [6.45, 7) is -0.103. The lowest BCUT2D eigenvalue weighted by Crippen LogP contribution is -2.36. The molecular weight excluding hydrogens is 278 g/mol. The smallest absolute Gasteiger partial charge is 0.328 e. The molecule has 1 aromatic heterocycles. The standard InChI is InChI=1S/C9H8BrN3O3/c1-2-3-11-7(14)5-13-4-6(10)8(15)12-9(13)16/h1,4H,3,5H2,(H,11,14)(H,12,15,16). The van der Waals surface area contributed by atoms with E-state index in [4.69, 9.17) is 6.42 Å². The van der Waals surface area contributed by atoms with Crippen LogP contribution < -0.4 is 16.6 Å². The maximum atomic E-state index is 11.3. The van der Waals surface area contributed by atoms with E-state index in [9.17, 15) is 14.4 Å². The first-order valence-corrected chi connectivity index (χ1v) is 5.03. The van der Waals surface area contributed by atoms with Crippen molar-refractivity contribution in [3.8, 4) is 12.3 Å². The molecule has 0 fully saturated rings. The first-order valence-electron chi connectivity index (χ1n) is 4.24. The molecule has 1 amide bonds. The van der Waals surface area contributed by atoms with Crippen LogP contribution in [0.25, 0.3) is 0 Å². The van der Waals surface area contributed by atoms with Gasteiger partial charge in [-0.3, -0.25) is 19.1 Å². The van der Waals surface area contributed by atoms with E-state index in [0.29, 0.717) is 0 Å². The zero-order valence-corrected chi connectivity index (χ0v) is 9.70. The lowest BCUT2D eigenvalue weighted by molar-refractivity contribution is -0.121. The fourth-order valence-corrected chi connectivity index (χ4v) is 1.31. The Kier molecular flexibility index (Phi) is 4.08. The van der Waals surface area contributed by atoms with E-state index in [1.807, 2.05) is 0 Å². The van der Waals surface area contributed by atoms with Gasteiger partial charge in [-0.25, -0.2) is 4.79 Å². The van der Waals surface area contributed by atoms with Crippen LogP contribution in [0, 0.1) is 12.3 Å². The van der Waals surface area contributed by atoms with Gasteiger partial charge in [0.05, 0.1) is 11.0 Å². The summed E-state index contributed by atoms with van der Waals surface area (Å²) >= 11 is 2.96. The molecule has 0 aromatic carbocycles. The molecule has 0 aliphatic rings. The maximum absolute atomic E-state index is 11.3. The third-order valence-electron chi connectivity index (χ3n) is 1.67. The Balaban J connectivity index is 2.87. The second-order valence-electron chi connectivity index (χ2n) is 2.85. The number of halogens is 1. The van der Waals surface area contributed by atoms with Crippen LogP contribution in [0.1, 0.15) is 0 Å². The molecule has 16 heavy (non-hydrogen) atoms. The Morgan fingerprint density at radius 2 is 2.31 bits per heavy atom. The number of nitrogens with zero attached hydrogens (tertiary/aromatic N) is 1. The molecule has 1 heterocycles. The number of aromatic amines is 1. The summed E-state index contributed by atoms with van der Waals surface area (Å²) in [7, 11) is 0. The average Bonchev–Trinajstić information content (AvgIpc) is 2.23. The number of amides is 1. The Labute approximate surface area is 98.8 Å². The molecule has 84 valence electrons. The number of nitrogens with one attached hydrogen (secondary N) is 2. The summed E-state index contributed by atoms with van der Waals surface area (Å²) in [4.78, 5) is 35.6. The molecule has 0 bridgehead atoms. The third kappa shape index (κ3) is 3.10. The minimum absolute atomic E-state index is 0.0953. The molecule has 0 atom stereocenters. The van der Waals surface area contributed by atoms with Crippen molar-refractivity contribution in [3.63, 3.8) is 0 Å². The van der Waals surface area contributed by atoms with E-state index in [1.165, 1.54) is 6.20 Å². The van der Waals surface area contributed by atoms with Crippen molar-refractivity contribution < 1.29 is 4.79 Å². The van der Waals surface area contributed by atoms with Gasteiger partial charge in [-0.2, -0.15) is 0 Å². The summed E-state index contributed by atoms with van der Waals surface area (Å²) in [6.07, 6.45) is 6.20. The van der Waals surface area contributed by atoms with Crippen LogP contribution in [0.5, 0.6) is 0 Å². The molecule has 1 aromatic rings. The molecule has 0 saturated carbocycles. The van der Waals surface area contributed by atoms with Gasteiger partial charge in [0.25, 0.3) is 5.56 Å². The second-order valence-corrected chi connectivity index (χ2v) is 3.70. The van der Waals surface area contributed by atoms with Crippen LogP contribution in [-0.4, -0.2) is 22.0 Å². The third-order valence-corrected chi connectivity index (χ3v) is 2.23. The first kappa shape index (κ1) is 12.3. The van der Waals surface area contributed by atoms with E-state index in [1.54, 1.807) is 0 Å². The SMILES string of the molecule is C#CCNC(=O)Cn1cc(Br)c(=O)[nH]c1=O. The van der Waals surface area contributed by atoms with E-state index in [-0.39, 0.29) is 17.6 Å². The lowest BCUT2D eigenvalue weighted by Gasteiger charge is -2.04. The van der Waals surface area contributed by atoms with Crippen LogP contribution in [0.4, 0.5) is 0 Å². The molecule has 2 N–H and O–H groups in total. The molecule has 0 saturated heterocycles.